The molecule has 1 aromatic carbocycles. The Kier molecular flexibility index (Phi) is 8.00. The van der Waals surface area contributed by atoms with Crippen LogP contribution < -0.4 is 4.90 Å². The summed E-state index contributed by atoms with van der Waals surface area (Å²) in [5.41, 5.74) is 0.320. The first kappa shape index (κ1) is 22.6. The topological polar surface area (TPSA) is 45.7 Å². The number of thiazole rings is 1. The Balaban J connectivity index is 0.00000240. The molecule has 3 aromatic rings. The predicted molar refractivity (Wildman–Crippen MR) is 122 cm³/mol. The van der Waals surface area contributed by atoms with Crippen LogP contribution in [0.5, 0.6) is 0 Å². The number of anilines is 1. The van der Waals surface area contributed by atoms with E-state index in [1.165, 1.54) is 28.7 Å². The van der Waals surface area contributed by atoms with E-state index in [-0.39, 0.29) is 24.1 Å². The van der Waals surface area contributed by atoms with E-state index < -0.39 is 0 Å². The number of benzene rings is 1. The summed E-state index contributed by atoms with van der Waals surface area (Å²) in [6, 6.07) is 8.56. The van der Waals surface area contributed by atoms with Crippen molar-refractivity contribution in [2.75, 3.05) is 44.3 Å². The number of hydrogen-bond donors (Lipinski definition) is 0. The van der Waals surface area contributed by atoms with Crippen LogP contribution in [0.1, 0.15) is 16.1 Å². The molecule has 0 unspecified atom stereocenters. The Labute approximate surface area is 191 Å². The van der Waals surface area contributed by atoms with Crippen LogP contribution in [0, 0.1) is 5.82 Å². The fourth-order valence-corrected chi connectivity index (χ4v) is 5.48. The Hall–Kier alpha value is -1.10. The second-order valence-corrected chi connectivity index (χ2v) is 9.92. The van der Waals surface area contributed by atoms with Crippen LogP contribution in [0.4, 0.5) is 9.52 Å². The number of morpholine rings is 1. The number of thiophene rings is 1. The summed E-state index contributed by atoms with van der Waals surface area (Å²) >= 11 is 6.16. The lowest BCUT2D eigenvalue weighted by molar-refractivity contribution is 0.0376. The maximum absolute atomic E-state index is 14.1. The fraction of sp³-hybridized carbons (Fsp3) is 0.368. The molecule has 29 heavy (non-hydrogen) atoms. The highest BCUT2D eigenvalue weighted by Crippen LogP contribution is 2.32. The van der Waals surface area contributed by atoms with Crippen molar-refractivity contribution in [3.05, 3.63) is 44.8 Å². The van der Waals surface area contributed by atoms with Crippen molar-refractivity contribution in [1.82, 2.24) is 9.88 Å². The van der Waals surface area contributed by atoms with Crippen molar-refractivity contribution in [2.45, 2.75) is 6.42 Å². The van der Waals surface area contributed by atoms with Gasteiger partial charge in [0.2, 0.25) is 0 Å². The Morgan fingerprint density at radius 3 is 2.72 bits per heavy atom. The van der Waals surface area contributed by atoms with Gasteiger partial charge in [0.1, 0.15) is 11.3 Å². The van der Waals surface area contributed by atoms with Gasteiger partial charge in [-0.15, -0.1) is 23.7 Å². The number of nitrogens with zero attached hydrogens (tertiary/aromatic N) is 3. The van der Waals surface area contributed by atoms with Gasteiger partial charge in [-0.25, -0.2) is 9.37 Å². The number of halogens is 3. The molecule has 0 N–H and O–H groups in total. The molecule has 10 heteroatoms. The lowest BCUT2D eigenvalue weighted by Gasteiger charge is -2.27. The van der Waals surface area contributed by atoms with Crippen molar-refractivity contribution in [1.29, 1.82) is 0 Å². The molecule has 0 atom stereocenters. The molecule has 1 fully saturated rings. The summed E-state index contributed by atoms with van der Waals surface area (Å²) < 4.78 is 21.1. The maximum Gasteiger partial charge on any atom is 0.270 e. The van der Waals surface area contributed by atoms with Crippen LogP contribution in [-0.2, 0) is 4.74 Å². The van der Waals surface area contributed by atoms with Crippen molar-refractivity contribution in [3.8, 4) is 0 Å². The van der Waals surface area contributed by atoms with Gasteiger partial charge in [0.05, 0.1) is 26.6 Å². The van der Waals surface area contributed by atoms with Gasteiger partial charge < -0.3 is 4.74 Å². The third kappa shape index (κ3) is 5.34. The third-order valence-corrected chi connectivity index (χ3v) is 7.23. The number of aromatic nitrogens is 1. The number of carbonyl (C=O) groups excluding carboxylic acids is 1. The van der Waals surface area contributed by atoms with Gasteiger partial charge in [-0.3, -0.25) is 14.6 Å². The van der Waals surface area contributed by atoms with E-state index in [1.807, 2.05) is 12.1 Å². The minimum Gasteiger partial charge on any atom is -0.379 e. The molecule has 1 aliphatic heterocycles. The van der Waals surface area contributed by atoms with Gasteiger partial charge in [-0.1, -0.05) is 17.4 Å². The summed E-state index contributed by atoms with van der Waals surface area (Å²) in [6.45, 7) is 4.76. The molecule has 1 saturated heterocycles. The van der Waals surface area contributed by atoms with Crippen LogP contribution >= 0.6 is 51.0 Å². The maximum atomic E-state index is 14.1. The van der Waals surface area contributed by atoms with E-state index in [0.717, 1.165) is 47.8 Å². The van der Waals surface area contributed by atoms with Gasteiger partial charge in [-0.05, 0) is 46.6 Å². The molecule has 0 radical (unpaired) electrons. The Bertz CT molecular complexity index is 977. The van der Waals surface area contributed by atoms with Crippen molar-refractivity contribution >= 4 is 72.3 Å². The molecular weight excluding hydrogens is 501 g/mol. The van der Waals surface area contributed by atoms with Gasteiger partial charge >= 0.3 is 0 Å². The summed E-state index contributed by atoms with van der Waals surface area (Å²) in [5, 5.41) is 0.539. The summed E-state index contributed by atoms with van der Waals surface area (Å²) in [7, 11) is 0. The zero-order chi connectivity index (χ0) is 19.5. The van der Waals surface area contributed by atoms with E-state index in [1.54, 1.807) is 17.0 Å². The van der Waals surface area contributed by atoms with Gasteiger partial charge in [0.15, 0.2) is 5.13 Å². The summed E-state index contributed by atoms with van der Waals surface area (Å²) in [6.07, 6.45) is 0.816. The van der Waals surface area contributed by atoms with Gasteiger partial charge in [-0.2, -0.15) is 0 Å². The second-order valence-electron chi connectivity index (χ2n) is 6.45. The van der Waals surface area contributed by atoms with Crippen molar-refractivity contribution < 1.29 is 13.9 Å². The quantitative estimate of drug-likeness (QED) is 0.456. The molecule has 4 rings (SSSR count). The Morgan fingerprint density at radius 1 is 1.24 bits per heavy atom. The highest BCUT2D eigenvalue weighted by Gasteiger charge is 2.23. The number of fused-ring (bicyclic) bond motifs is 1. The van der Waals surface area contributed by atoms with Crippen LogP contribution in [0.25, 0.3) is 10.2 Å². The smallest absolute Gasteiger partial charge is 0.270 e. The van der Waals surface area contributed by atoms with Gasteiger partial charge in [0.25, 0.3) is 5.91 Å². The largest absolute Gasteiger partial charge is 0.379 e. The van der Waals surface area contributed by atoms with Crippen molar-refractivity contribution in [2.24, 2.45) is 0 Å². The predicted octanol–water partition coefficient (Wildman–Crippen LogP) is 5.05. The van der Waals surface area contributed by atoms with Crippen LogP contribution in [0.3, 0.4) is 0 Å². The number of carbonyl (C=O) groups is 1. The molecule has 0 aliphatic carbocycles. The zero-order valence-corrected chi connectivity index (χ0v) is 19.5. The minimum absolute atomic E-state index is 0. The molecule has 0 bridgehead atoms. The first-order valence-corrected chi connectivity index (χ1v) is 11.5. The average Bonchev–Trinajstić information content (AvgIpc) is 3.33. The average molecular weight is 521 g/mol. The monoisotopic (exact) mass is 519 g/mol. The standard InChI is InChI=1S/C19H19BrFN3O2S2.ClH/c20-16-6-5-15(27-16)18(25)24(8-2-7-23-9-11-26-12-10-23)19-22-17-13(21)3-1-4-14(17)28-19;/h1,3-6H,2,7-12H2;1H. The van der Waals surface area contributed by atoms with E-state index in [4.69, 9.17) is 4.74 Å². The first-order valence-electron chi connectivity index (χ1n) is 9.04. The molecule has 0 spiro atoms. The number of ether oxygens (including phenoxy) is 1. The minimum atomic E-state index is -0.361. The molecule has 5 nitrogen and oxygen atoms in total. The van der Waals surface area contributed by atoms with E-state index >= 15 is 0 Å². The molecule has 0 saturated carbocycles. The van der Waals surface area contributed by atoms with E-state index in [2.05, 4.69) is 25.8 Å². The second kappa shape index (κ2) is 10.3. The number of para-hydroxylation sites is 1. The molecule has 156 valence electrons. The number of rotatable bonds is 6. The van der Waals surface area contributed by atoms with Crippen LogP contribution in [-0.4, -0.2) is 55.2 Å². The summed E-state index contributed by atoms with van der Waals surface area (Å²) in [5.74, 6) is -0.461. The molecule has 1 aliphatic rings. The first-order chi connectivity index (χ1) is 13.6. The SMILES string of the molecule is Cl.O=C(c1ccc(Br)s1)N(CCCN1CCOCC1)c1nc2c(F)cccc2s1. The molecule has 1 amide bonds. The van der Waals surface area contributed by atoms with E-state index in [9.17, 15) is 9.18 Å². The number of amides is 1. The Morgan fingerprint density at radius 2 is 2.03 bits per heavy atom. The van der Waals surface area contributed by atoms with Crippen LogP contribution in [0.2, 0.25) is 0 Å². The lowest BCUT2D eigenvalue weighted by atomic mass is 10.3. The molecular formula is C19H20BrClFN3O2S2. The van der Waals surface area contributed by atoms with Gasteiger partial charge in [0, 0.05) is 26.2 Å². The highest BCUT2D eigenvalue weighted by atomic mass is 79.9. The normalized spacial score (nSPS) is 14.7. The molecule has 2 aromatic heterocycles. The molecule has 3 heterocycles. The van der Waals surface area contributed by atoms with Crippen molar-refractivity contribution in [3.63, 3.8) is 0 Å². The zero-order valence-electron chi connectivity index (χ0n) is 15.5. The van der Waals surface area contributed by atoms with E-state index in [0.29, 0.717) is 22.1 Å². The highest BCUT2D eigenvalue weighted by molar-refractivity contribution is 9.11. The van der Waals surface area contributed by atoms with Crippen LogP contribution in [0.15, 0.2) is 34.1 Å². The fourth-order valence-electron chi connectivity index (χ4n) is 3.14. The lowest BCUT2D eigenvalue weighted by Crippen LogP contribution is -2.39. The third-order valence-electron chi connectivity index (χ3n) is 4.58. The number of hydrogen-bond acceptors (Lipinski definition) is 6. The summed E-state index contributed by atoms with van der Waals surface area (Å²) in [4.78, 5) is 22.3.